The molecule has 13 heteroatoms. The van der Waals surface area contributed by atoms with Gasteiger partial charge in [0, 0.05) is 37.8 Å². The van der Waals surface area contributed by atoms with Crippen LogP contribution >= 0.6 is 12.2 Å². The lowest BCUT2D eigenvalue weighted by Crippen LogP contribution is -2.58. The fourth-order valence-electron chi connectivity index (χ4n) is 6.59. The molecule has 3 aliphatic rings. The number of carbonyl (C=O) groups excluding carboxylic acids is 1. The van der Waals surface area contributed by atoms with E-state index in [4.69, 9.17) is 27.3 Å². The maximum Gasteiger partial charge on any atom is 0.417 e. The molecule has 3 fully saturated rings. The number of thiocarbonyl (C=S) groups is 1. The van der Waals surface area contributed by atoms with Crippen LogP contribution < -0.4 is 4.90 Å². The van der Waals surface area contributed by atoms with Crippen molar-refractivity contribution in [1.29, 1.82) is 5.26 Å². The first-order valence-electron chi connectivity index (χ1n) is 14.3. The molecule has 0 bridgehead atoms. The predicted octanol–water partition coefficient (Wildman–Crippen LogP) is 4.10. The molecule has 1 aromatic rings. The van der Waals surface area contributed by atoms with Crippen LogP contribution in [0.5, 0.6) is 0 Å². The molecular weight excluding hydrogens is 571 g/mol. The van der Waals surface area contributed by atoms with E-state index in [0.717, 1.165) is 62.4 Å². The number of amides is 1. The number of alkyl halides is 3. The minimum atomic E-state index is -4.75. The fraction of sp³-hybridized carbons (Fsp3) is 0.655. The maximum absolute atomic E-state index is 13.6. The highest BCUT2D eigenvalue weighted by Gasteiger charge is 2.52. The fourth-order valence-corrected chi connectivity index (χ4v) is 7.15. The Hall–Kier alpha value is -2.79. The van der Waals surface area contributed by atoms with Gasteiger partial charge >= 0.3 is 12.1 Å². The highest BCUT2D eigenvalue weighted by molar-refractivity contribution is 7.80. The molecule has 0 spiro atoms. The molecule has 42 heavy (non-hydrogen) atoms. The number of hydrogen-bond acceptors (Lipinski definition) is 7. The number of nitrogens with zero attached hydrogens (tertiary/aromatic N) is 5. The first-order chi connectivity index (χ1) is 19.6. The van der Waals surface area contributed by atoms with Gasteiger partial charge in [0.25, 0.3) is 5.91 Å². The third kappa shape index (κ3) is 6.56. The normalized spacial score (nSPS) is 27.4. The molecule has 2 atom stereocenters. The zero-order chi connectivity index (χ0) is 31.0. The Morgan fingerprint density at radius 3 is 2.33 bits per heavy atom. The van der Waals surface area contributed by atoms with Crippen LogP contribution in [0, 0.1) is 11.3 Å². The van der Waals surface area contributed by atoms with Crippen molar-refractivity contribution in [2.75, 3.05) is 37.7 Å². The Morgan fingerprint density at radius 2 is 1.79 bits per heavy atom. The first kappa shape index (κ1) is 32.1. The molecule has 2 heterocycles. The number of anilines is 1. The maximum atomic E-state index is 13.6. The SMILES string of the molecule is C[C@@H]1CN(CCOC2CCC(N3C(=S)N(c4ccc(C#N)c(C(F)(F)F)c4)C(=O)C3(C)C)CC2)C[C@H](C)N1CC(=O)O. The summed E-state index contributed by atoms with van der Waals surface area (Å²) < 4.78 is 47.0. The van der Waals surface area contributed by atoms with Crippen molar-refractivity contribution in [2.45, 2.75) is 89.3 Å². The number of benzene rings is 1. The Balaban J connectivity index is 1.34. The summed E-state index contributed by atoms with van der Waals surface area (Å²) in [5, 5.41) is 18.5. The molecule has 0 unspecified atom stereocenters. The summed E-state index contributed by atoms with van der Waals surface area (Å²) in [6, 6.07) is 5.00. The summed E-state index contributed by atoms with van der Waals surface area (Å²) >= 11 is 5.68. The van der Waals surface area contributed by atoms with E-state index in [9.17, 15) is 22.8 Å². The molecule has 0 radical (unpaired) electrons. The van der Waals surface area contributed by atoms with Crippen molar-refractivity contribution in [3.8, 4) is 6.07 Å². The molecule has 1 aliphatic carbocycles. The molecule has 4 rings (SSSR count). The van der Waals surface area contributed by atoms with Gasteiger partial charge in [0.15, 0.2) is 5.11 Å². The Morgan fingerprint density at radius 1 is 1.17 bits per heavy atom. The van der Waals surface area contributed by atoms with Crippen LogP contribution in [0.25, 0.3) is 0 Å². The lowest BCUT2D eigenvalue weighted by molar-refractivity contribution is -0.141. The van der Waals surface area contributed by atoms with Crippen LogP contribution in [0.3, 0.4) is 0 Å². The monoisotopic (exact) mass is 609 g/mol. The average molecular weight is 610 g/mol. The summed E-state index contributed by atoms with van der Waals surface area (Å²) in [6.07, 6.45) is -1.71. The van der Waals surface area contributed by atoms with Crippen molar-refractivity contribution >= 4 is 34.9 Å². The third-order valence-corrected chi connectivity index (χ3v) is 9.06. The number of piperazine rings is 1. The van der Waals surface area contributed by atoms with Gasteiger partial charge in [0.05, 0.1) is 42.1 Å². The molecule has 1 N–H and O–H groups in total. The van der Waals surface area contributed by atoms with Gasteiger partial charge in [-0.2, -0.15) is 18.4 Å². The molecule has 1 amide bonds. The lowest BCUT2D eigenvalue weighted by Gasteiger charge is -2.44. The molecule has 1 saturated carbocycles. The number of rotatable bonds is 8. The number of nitriles is 1. The standard InChI is InChI=1S/C29H38F3N5O4S/c1-18-15-34(16-19(2)35(18)17-25(38)39)11-12-41-23-9-7-21(8-10-23)37-27(42)36(26(40)28(37,3)4)22-6-5-20(14-33)24(13-22)29(30,31)32/h5-6,13,18-19,21,23H,7-12,15-17H2,1-4H3,(H,38,39)/t18-,19+,21?,23?. The van der Waals surface area contributed by atoms with Crippen LogP contribution in [-0.2, 0) is 20.5 Å². The average Bonchev–Trinajstić information content (AvgIpc) is 3.08. The van der Waals surface area contributed by atoms with E-state index < -0.39 is 34.7 Å². The van der Waals surface area contributed by atoms with Gasteiger partial charge in [-0.05, 0) is 83.8 Å². The van der Waals surface area contributed by atoms with Crippen molar-refractivity contribution < 1.29 is 32.6 Å². The first-order valence-corrected chi connectivity index (χ1v) is 14.7. The van der Waals surface area contributed by atoms with E-state index >= 15 is 0 Å². The van der Waals surface area contributed by atoms with Crippen LogP contribution in [0.15, 0.2) is 18.2 Å². The molecular formula is C29H38F3N5O4S. The molecule has 2 saturated heterocycles. The quantitative estimate of drug-likeness (QED) is 0.437. The topological polar surface area (TPSA) is 100 Å². The zero-order valence-electron chi connectivity index (χ0n) is 24.4. The largest absolute Gasteiger partial charge is 0.480 e. The second-order valence-corrected chi connectivity index (χ2v) is 12.4. The number of aliphatic carboxylic acids is 1. The summed E-state index contributed by atoms with van der Waals surface area (Å²) in [5.41, 5.74) is -2.66. The number of carbonyl (C=O) groups is 2. The summed E-state index contributed by atoms with van der Waals surface area (Å²) in [4.78, 5) is 32.0. The van der Waals surface area contributed by atoms with E-state index in [-0.39, 0.29) is 41.6 Å². The van der Waals surface area contributed by atoms with E-state index in [1.807, 2.05) is 23.6 Å². The highest BCUT2D eigenvalue weighted by Crippen LogP contribution is 2.40. The number of halogens is 3. The predicted molar refractivity (Wildman–Crippen MR) is 154 cm³/mol. The van der Waals surface area contributed by atoms with Crippen LogP contribution in [0.4, 0.5) is 18.9 Å². The van der Waals surface area contributed by atoms with E-state index in [1.165, 1.54) is 6.07 Å². The summed E-state index contributed by atoms with van der Waals surface area (Å²) in [6.45, 7) is 10.5. The Kier molecular flexibility index (Phi) is 9.52. The van der Waals surface area contributed by atoms with E-state index in [0.29, 0.717) is 6.61 Å². The molecule has 2 aliphatic heterocycles. The number of carboxylic acid groups (broad SMARTS) is 1. The minimum Gasteiger partial charge on any atom is -0.480 e. The molecule has 230 valence electrons. The second kappa shape index (κ2) is 12.4. The van der Waals surface area contributed by atoms with Gasteiger partial charge in [-0.1, -0.05) is 0 Å². The summed E-state index contributed by atoms with van der Waals surface area (Å²) in [7, 11) is 0. The van der Waals surface area contributed by atoms with Gasteiger partial charge in [-0.15, -0.1) is 0 Å². The Bertz CT molecular complexity index is 1230. The van der Waals surface area contributed by atoms with Gasteiger partial charge < -0.3 is 14.7 Å². The summed E-state index contributed by atoms with van der Waals surface area (Å²) in [5.74, 6) is -1.23. The van der Waals surface area contributed by atoms with Gasteiger partial charge in [-0.3, -0.25) is 24.3 Å². The third-order valence-electron chi connectivity index (χ3n) is 8.68. The smallest absolute Gasteiger partial charge is 0.417 e. The van der Waals surface area contributed by atoms with Crippen molar-refractivity contribution in [3.63, 3.8) is 0 Å². The van der Waals surface area contributed by atoms with E-state index in [1.54, 1.807) is 19.9 Å². The van der Waals surface area contributed by atoms with Gasteiger partial charge in [-0.25, -0.2) is 0 Å². The van der Waals surface area contributed by atoms with E-state index in [2.05, 4.69) is 4.90 Å². The highest BCUT2D eigenvalue weighted by atomic mass is 32.1. The van der Waals surface area contributed by atoms with Crippen LogP contribution in [0.2, 0.25) is 0 Å². The Labute approximate surface area is 249 Å². The van der Waals surface area contributed by atoms with Gasteiger partial charge in [0.1, 0.15) is 5.54 Å². The second-order valence-electron chi connectivity index (χ2n) is 12.0. The van der Waals surface area contributed by atoms with Gasteiger partial charge in [0.2, 0.25) is 0 Å². The number of ether oxygens (including phenoxy) is 1. The van der Waals surface area contributed by atoms with Crippen molar-refractivity contribution in [2.24, 2.45) is 0 Å². The number of hydrogen-bond donors (Lipinski definition) is 1. The molecule has 1 aromatic carbocycles. The van der Waals surface area contributed by atoms with Crippen LogP contribution in [-0.4, -0.2) is 99.3 Å². The zero-order valence-corrected chi connectivity index (χ0v) is 25.2. The van der Waals surface area contributed by atoms with Crippen molar-refractivity contribution in [3.05, 3.63) is 29.3 Å². The molecule has 0 aromatic heterocycles. The minimum absolute atomic E-state index is 0.00338. The number of carboxylic acids is 1. The lowest BCUT2D eigenvalue weighted by atomic mass is 9.89. The van der Waals surface area contributed by atoms with Crippen LogP contribution in [0.1, 0.15) is 64.5 Å². The molecule has 9 nitrogen and oxygen atoms in total. The van der Waals surface area contributed by atoms with Crippen molar-refractivity contribution in [1.82, 2.24) is 14.7 Å².